The van der Waals surface area contributed by atoms with E-state index in [0.717, 1.165) is 11.1 Å². The van der Waals surface area contributed by atoms with Crippen LogP contribution in [-0.2, 0) is 11.3 Å². The Morgan fingerprint density at radius 3 is 2.76 bits per heavy atom. The number of aliphatic hydroxyl groups is 1. The second-order valence-corrected chi connectivity index (χ2v) is 4.98. The highest BCUT2D eigenvalue weighted by atomic mass is 19.4. The number of aliphatic hydroxyl groups excluding tert-OH is 1. The van der Waals surface area contributed by atoms with Crippen LogP contribution in [0, 0.1) is 0 Å². The molecule has 0 fully saturated rings. The number of benzene rings is 1. The summed E-state index contributed by atoms with van der Waals surface area (Å²) in [4.78, 5) is 13.1. The number of hydrogen-bond donors (Lipinski definition) is 2. The monoisotopic (exact) mass is 302 g/mol. The van der Waals surface area contributed by atoms with Gasteiger partial charge in [0.15, 0.2) is 0 Å². The number of amides is 1. The van der Waals surface area contributed by atoms with Gasteiger partial charge in [-0.15, -0.1) is 0 Å². The van der Waals surface area contributed by atoms with Gasteiger partial charge in [0, 0.05) is 19.6 Å². The highest BCUT2D eigenvalue weighted by Gasteiger charge is 2.36. The number of hydrogen-bond acceptors (Lipinski definition) is 3. The van der Waals surface area contributed by atoms with E-state index in [2.05, 4.69) is 5.32 Å². The zero-order valence-corrected chi connectivity index (χ0v) is 11.4. The third kappa shape index (κ3) is 3.95. The summed E-state index contributed by atoms with van der Waals surface area (Å²) in [6.07, 6.45) is -4.48. The molecule has 1 aromatic carbocycles. The standard InChI is InChI=1S/C14H17F3N2O2/c15-14(16,17)9-19(5-6-20)13(21)12-8-18-7-10-3-1-2-4-11(10)12/h1-4,12,18,20H,5-9H2. The third-order valence-corrected chi connectivity index (χ3v) is 3.44. The molecule has 1 aliphatic heterocycles. The summed E-state index contributed by atoms with van der Waals surface area (Å²) in [5, 5.41) is 11.9. The van der Waals surface area contributed by atoms with Crippen molar-refractivity contribution in [1.29, 1.82) is 0 Å². The van der Waals surface area contributed by atoms with Crippen LogP contribution in [0.1, 0.15) is 17.0 Å². The van der Waals surface area contributed by atoms with E-state index in [1.165, 1.54) is 0 Å². The van der Waals surface area contributed by atoms with Crippen LogP contribution in [0.15, 0.2) is 24.3 Å². The summed E-state index contributed by atoms with van der Waals surface area (Å²) in [5.41, 5.74) is 1.67. The second-order valence-electron chi connectivity index (χ2n) is 4.98. The molecule has 1 unspecified atom stereocenters. The van der Waals surface area contributed by atoms with Crippen molar-refractivity contribution in [1.82, 2.24) is 10.2 Å². The molecule has 0 radical (unpaired) electrons. The normalized spacial score (nSPS) is 18.2. The maximum atomic E-state index is 12.6. The molecular weight excluding hydrogens is 285 g/mol. The second kappa shape index (κ2) is 6.44. The molecule has 4 nitrogen and oxygen atoms in total. The predicted molar refractivity (Wildman–Crippen MR) is 70.6 cm³/mol. The van der Waals surface area contributed by atoms with Gasteiger partial charge in [-0.05, 0) is 11.1 Å². The number of rotatable bonds is 4. The average molecular weight is 302 g/mol. The zero-order chi connectivity index (χ0) is 15.5. The van der Waals surface area contributed by atoms with Gasteiger partial charge in [-0.2, -0.15) is 13.2 Å². The van der Waals surface area contributed by atoms with Crippen LogP contribution in [-0.4, -0.2) is 48.3 Å². The SMILES string of the molecule is O=C(C1CNCc2ccccc21)N(CCO)CC(F)(F)F. The molecule has 1 aromatic rings. The first-order valence-electron chi connectivity index (χ1n) is 6.67. The molecule has 0 bridgehead atoms. The molecule has 0 saturated carbocycles. The van der Waals surface area contributed by atoms with Crippen LogP contribution < -0.4 is 5.32 Å². The Morgan fingerprint density at radius 1 is 1.38 bits per heavy atom. The van der Waals surface area contributed by atoms with Gasteiger partial charge in [-0.1, -0.05) is 24.3 Å². The van der Waals surface area contributed by atoms with Gasteiger partial charge in [0.25, 0.3) is 0 Å². The van der Waals surface area contributed by atoms with Crippen molar-refractivity contribution in [3.8, 4) is 0 Å². The van der Waals surface area contributed by atoms with E-state index < -0.39 is 31.2 Å². The van der Waals surface area contributed by atoms with Crippen LogP contribution in [0.2, 0.25) is 0 Å². The van der Waals surface area contributed by atoms with E-state index in [4.69, 9.17) is 5.11 Å². The van der Waals surface area contributed by atoms with E-state index in [1.54, 1.807) is 12.1 Å². The molecule has 0 spiro atoms. The summed E-state index contributed by atoms with van der Waals surface area (Å²) in [5.74, 6) is -1.26. The van der Waals surface area contributed by atoms with Gasteiger partial charge in [0.1, 0.15) is 6.54 Å². The largest absolute Gasteiger partial charge is 0.406 e. The Bertz CT molecular complexity index is 505. The fourth-order valence-electron chi connectivity index (χ4n) is 2.54. The highest BCUT2D eigenvalue weighted by molar-refractivity contribution is 5.84. The number of carbonyl (C=O) groups is 1. The fourth-order valence-corrected chi connectivity index (χ4v) is 2.54. The number of nitrogens with zero attached hydrogens (tertiary/aromatic N) is 1. The van der Waals surface area contributed by atoms with E-state index in [0.29, 0.717) is 18.0 Å². The smallest absolute Gasteiger partial charge is 0.395 e. The molecule has 2 rings (SSSR count). The summed E-state index contributed by atoms with van der Waals surface area (Å²) in [6, 6.07) is 7.21. The Hall–Kier alpha value is -1.60. The van der Waals surface area contributed by atoms with Crippen LogP contribution in [0.4, 0.5) is 13.2 Å². The minimum absolute atomic E-state index is 0.301. The quantitative estimate of drug-likeness (QED) is 0.880. The Balaban J connectivity index is 2.21. The molecule has 1 aliphatic rings. The molecule has 7 heteroatoms. The summed E-state index contributed by atoms with van der Waals surface area (Å²) in [7, 11) is 0. The molecule has 1 atom stereocenters. The van der Waals surface area contributed by atoms with Gasteiger partial charge < -0.3 is 15.3 Å². The molecule has 0 aromatic heterocycles. The molecule has 1 heterocycles. The number of carbonyl (C=O) groups excluding carboxylic acids is 1. The van der Waals surface area contributed by atoms with Gasteiger partial charge in [0.05, 0.1) is 12.5 Å². The average Bonchev–Trinajstić information content (AvgIpc) is 2.44. The van der Waals surface area contributed by atoms with E-state index in [-0.39, 0.29) is 6.54 Å². The highest BCUT2D eigenvalue weighted by Crippen LogP contribution is 2.27. The Labute approximate surface area is 120 Å². The molecule has 0 aliphatic carbocycles. The van der Waals surface area contributed by atoms with Crippen molar-refractivity contribution in [2.24, 2.45) is 0 Å². The number of fused-ring (bicyclic) bond motifs is 1. The number of halogens is 3. The van der Waals surface area contributed by atoms with Crippen LogP contribution >= 0.6 is 0 Å². The van der Waals surface area contributed by atoms with Crippen LogP contribution in [0.25, 0.3) is 0 Å². The molecule has 1 amide bonds. The Kier molecular flexibility index (Phi) is 4.84. The van der Waals surface area contributed by atoms with Crippen molar-refractivity contribution in [3.63, 3.8) is 0 Å². The van der Waals surface area contributed by atoms with Crippen LogP contribution in [0.5, 0.6) is 0 Å². The third-order valence-electron chi connectivity index (χ3n) is 3.44. The first-order chi connectivity index (χ1) is 9.92. The predicted octanol–water partition coefficient (Wildman–Crippen LogP) is 1.26. The van der Waals surface area contributed by atoms with E-state index in [1.807, 2.05) is 12.1 Å². The maximum Gasteiger partial charge on any atom is 0.406 e. The van der Waals surface area contributed by atoms with E-state index in [9.17, 15) is 18.0 Å². The lowest BCUT2D eigenvalue weighted by atomic mass is 9.90. The van der Waals surface area contributed by atoms with Gasteiger partial charge in [-0.3, -0.25) is 4.79 Å². The van der Waals surface area contributed by atoms with Crippen molar-refractivity contribution in [2.45, 2.75) is 18.6 Å². The summed E-state index contributed by atoms with van der Waals surface area (Å²) in [6.45, 7) is -1.26. The molecule has 21 heavy (non-hydrogen) atoms. The first kappa shape index (κ1) is 15.8. The van der Waals surface area contributed by atoms with Gasteiger partial charge >= 0.3 is 6.18 Å². The number of nitrogens with one attached hydrogen (secondary N) is 1. The first-order valence-corrected chi connectivity index (χ1v) is 6.67. The minimum atomic E-state index is -4.48. The van der Waals surface area contributed by atoms with Crippen molar-refractivity contribution < 1.29 is 23.1 Å². The zero-order valence-electron chi connectivity index (χ0n) is 11.4. The fraction of sp³-hybridized carbons (Fsp3) is 0.500. The molecule has 0 saturated heterocycles. The van der Waals surface area contributed by atoms with E-state index >= 15 is 0 Å². The summed E-state index contributed by atoms with van der Waals surface area (Å²) < 4.78 is 37.7. The van der Waals surface area contributed by atoms with Gasteiger partial charge in [0.2, 0.25) is 5.91 Å². The van der Waals surface area contributed by atoms with Crippen molar-refractivity contribution in [3.05, 3.63) is 35.4 Å². The van der Waals surface area contributed by atoms with Crippen molar-refractivity contribution >= 4 is 5.91 Å². The Morgan fingerprint density at radius 2 is 2.10 bits per heavy atom. The molecule has 2 N–H and O–H groups in total. The number of alkyl halides is 3. The lowest BCUT2D eigenvalue weighted by Crippen LogP contribution is -2.46. The van der Waals surface area contributed by atoms with Gasteiger partial charge in [-0.25, -0.2) is 0 Å². The minimum Gasteiger partial charge on any atom is -0.395 e. The van der Waals surface area contributed by atoms with Crippen molar-refractivity contribution in [2.75, 3.05) is 26.2 Å². The molecular formula is C14H17F3N2O2. The lowest BCUT2D eigenvalue weighted by Gasteiger charge is -2.31. The summed E-state index contributed by atoms with van der Waals surface area (Å²) >= 11 is 0. The molecule has 116 valence electrons. The van der Waals surface area contributed by atoms with Crippen LogP contribution in [0.3, 0.4) is 0 Å². The topological polar surface area (TPSA) is 52.6 Å². The maximum absolute atomic E-state index is 12.6. The lowest BCUT2D eigenvalue weighted by molar-refractivity contribution is -0.163.